The van der Waals surface area contributed by atoms with E-state index in [2.05, 4.69) is 54.4 Å². The van der Waals surface area contributed by atoms with E-state index in [9.17, 15) is 4.79 Å². The van der Waals surface area contributed by atoms with Crippen LogP contribution in [0, 0.1) is 5.92 Å². The number of likely N-dealkylation sites (tertiary alicyclic amines) is 1. The number of carbonyl (C=O) groups is 1. The minimum absolute atomic E-state index is 0.0526. The van der Waals surface area contributed by atoms with Gasteiger partial charge in [0.15, 0.2) is 0 Å². The molecule has 1 aromatic carbocycles. The van der Waals surface area contributed by atoms with E-state index >= 15 is 0 Å². The Bertz CT molecular complexity index is 546. The van der Waals surface area contributed by atoms with E-state index in [0.29, 0.717) is 5.92 Å². The van der Waals surface area contributed by atoms with Gasteiger partial charge in [-0.05, 0) is 38.2 Å². The highest BCUT2D eigenvalue weighted by molar-refractivity contribution is 5.85. The Morgan fingerprint density at radius 2 is 1.84 bits per heavy atom. The molecule has 0 bridgehead atoms. The molecule has 25 heavy (non-hydrogen) atoms. The number of amides is 1. The smallest absolute Gasteiger partial charge is 0.239 e. The van der Waals surface area contributed by atoms with Gasteiger partial charge in [-0.15, -0.1) is 0 Å². The van der Waals surface area contributed by atoms with Gasteiger partial charge in [-0.2, -0.15) is 0 Å². The van der Waals surface area contributed by atoms with Crippen LogP contribution in [0.15, 0.2) is 30.3 Å². The molecule has 1 amide bonds. The standard InChI is InChI=1S/C21H34N2O2/c1-17(2)15-22-19(24)20(3,4)23-13-11-21(12-14-23,16-25-5)18-9-7-6-8-10-18/h6-10,17H,11-16H2,1-5H3,(H,22,24). The Kier molecular flexibility index (Phi) is 6.64. The molecule has 2 rings (SSSR count). The van der Waals surface area contributed by atoms with Crippen LogP contribution in [0.25, 0.3) is 0 Å². The van der Waals surface area contributed by atoms with Crippen LogP contribution in [0.3, 0.4) is 0 Å². The maximum absolute atomic E-state index is 12.6. The summed E-state index contributed by atoms with van der Waals surface area (Å²) in [5.41, 5.74) is 0.917. The monoisotopic (exact) mass is 346 g/mol. The number of ether oxygens (including phenoxy) is 1. The molecule has 0 spiro atoms. The largest absolute Gasteiger partial charge is 0.384 e. The topological polar surface area (TPSA) is 41.6 Å². The van der Waals surface area contributed by atoms with Crippen molar-refractivity contribution in [2.24, 2.45) is 5.92 Å². The molecule has 1 heterocycles. The van der Waals surface area contributed by atoms with Crippen LogP contribution in [0.1, 0.15) is 46.1 Å². The Morgan fingerprint density at radius 1 is 1.24 bits per heavy atom. The number of nitrogens with one attached hydrogen (secondary N) is 1. The Labute approximate surface area is 152 Å². The summed E-state index contributed by atoms with van der Waals surface area (Å²) in [6, 6.07) is 10.7. The quantitative estimate of drug-likeness (QED) is 0.824. The number of hydrogen-bond donors (Lipinski definition) is 1. The van der Waals surface area contributed by atoms with Crippen molar-refractivity contribution in [2.45, 2.75) is 51.5 Å². The Morgan fingerprint density at radius 3 is 2.36 bits per heavy atom. The normalized spacial score (nSPS) is 18.3. The molecule has 0 saturated carbocycles. The fourth-order valence-electron chi connectivity index (χ4n) is 3.73. The van der Waals surface area contributed by atoms with Gasteiger partial charge in [-0.3, -0.25) is 9.69 Å². The zero-order valence-corrected chi connectivity index (χ0v) is 16.5. The van der Waals surface area contributed by atoms with Gasteiger partial charge in [-0.25, -0.2) is 0 Å². The van der Waals surface area contributed by atoms with Crippen molar-refractivity contribution < 1.29 is 9.53 Å². The van der Waals surface area contributed by atoms with Gasteiger partial charge in [-0.1, -0.05) is 44.2 Å². The molecule has 1 aliphatic rings. The maximum Gasteiger partial charge on any atom is 0.239 e. The summed E-state index contributed by atoms with van der Waals surface area (Å²) in [5.74, 6) is 0.591. The SMILES string of the molecule is COCC1(c2ccccc2)CCN(C(C)(C)C(=O)NCC(C)C)CC1. The maximum atomic E-state index is 12.6. The number of piperidine rings is 1. The summed E-state index contributed by atoms with van der Waals surface area (Å²) in [4.78, 5) is 15.0. The second-order valence-corrected chi connectivity index (χ2v) is 8.23. The van der Waals surface area contributed by atoms with Gasteiger partial charge in [0, 0.05) is 32.2 Å². The average molecular weight is 347 g/mol. The summed E-state index contributed by atoms with van der Waals surface area (Å²) in [7, 11) is 1.78. The van der Waals surface area contributed by atoms with Gasteiger partial charge in [0.25, 0.3) is 0 Å². The third-order valence-corrected chi connectivity index (χ3v) is 5.54. The lowest BCUT2D eigenvalue weighted by atomic mass is 9.72. The highest BCUT2D eigenvalue weighted by atomic mass is 16.5. The first-order valence-corrected chi connectivity index (χ1v) is 9.39. The van der Waals surface area contributed by atoms with Crippen molar-refractivity contribution >= 4 is 5.91 Å². The molecule has 1 saturated heterocycles. The van der Waals surface area contributed by atoms with Crippen LogP contribution in [0.2, 0.25) is 0 Å². The van der Waals surface area contributed by atoms with E-state index in [4.69, 9.17) is 4.74 Å². The van der Waals surface area contributed by atoms with E-state index in [-0.39, 0.29) is 11.3 Å². The number of nitrogens with zero attached hydrogens (tertiary/aromatic N) is 1. The molecule has 4 heteroatoms. The zero-order chi connectivity index (χ0) is 18.5. The summed E-state index contributed by atoms with van der Waals surface area (Å²) in [6.07, 6.45) is 2.01. The van der Waals surface area contributed by atoms with Crippen LogP contribution in [0.5, 0.6) is 0 Å². The Balaban J connectivity index is 2.07. The lowest BCUT2D eigenvalue weighted by molar-refractivity contribution is -0.133. The molecule has 1 N–H and O–H groups in total. The molecule has 1 aromatic rings. The summed E-state index contributed by atoms with van der Waals surface area (Å²) < 4.78 is 5.57. The van der Waals surface area contributed by atoms with Crippen molar-refractivity contribution in [2.75, 3.05) is 33.4 Å². The van der Waals surface area contributed by atoms with Crippen molar-refractivity contribution in [1.29, 1.82) is 0 Å². The molecule has 4 nitrogen and oxygen atoms in total. The van der Waals surface area contributed by atoms with Gasteiger partial charge >= 0.3 is 0 Å². The highest BCUT2D eigenvalue weighted by Gasteiger charge is 2.42. The van der Waals surface area contributed by atoms with Gasteiger partial charge in [0.05, 0.1) is 12.1 Å². The molecule has 1 aliphatic heterocycles. The lowest BCUT2D eigenvalue weighted by Crippen LogP contribution is -2.59. The third kappa shape index (κ3) is 4.62. The molecule has 0 radical (unpaired) electrons. The van der Waals surface area contributed by atoms with Gasteiger partial charge < -0.3 is 10.1 Å². The molecular weight excluding hydrogens is 312 g/mol. The molecule has 0 atom stereocenters. The van der Waals surface area contributed by atoms with E-state index in [1.165, 1.54) is 5.56 Å². The van der Waals surface area contributed by atoms with Crippen molar-refractivity contribution in [3.63, 3.8) is 0 Å². The second-order valence-electron chi connectivity index (χ2n) is 8.23. The molecular formula is C21H34N2O2. The molecule has 0 unspecified atom stereocenters. The lowest BCUT2D eigenvalue weighted by Gasteiger charge is -2.47. The summed E-state index contributed by atoms with van der Waals surface area (Å²) in [5, 5.41) is 3.09. The number of rotatable bonds is 7. The van der Waals surface area contributed by atoms with Crippen LogP contribution in [0.4, 0.5) is 0 Å². The van der Waals surface area contributed by atoms with Crippen LogP contribution in [-0.2, 0) is 14.9 Å². The first kappa shape index (κ1) is 19.9. The predicted octanol–water partition coefficient (Wildman–Crippen LogP) is 3.22. The molecule has 0 aromatic heterocycles. The molecule has 140 valence electrons. The van der Waals surface area contributed by atoms with E-state index in [0.717, 1.165) is 39.1 Å². The number of hydrogen-bond acceptors (Lipinski definition) is 3. The highest BCUT2D eigenvalue weighted by Crippen LogP contribution is 2.37. The summed E-state index contributed by atoms with van der Waals surface area (Å²) >= 11 is 0. The van der Waals surface area contributed by atoms with Gasteiger partial charge in [0.2, 0.25) is 5.91 Å². The van der Waals surface area contributed by atoms with E-state index in [1.807, 2.05) is 13.8 Å². The van der Waals surface area contributed by atoms with E-state index in [1.54, 1.807) is 7.11 Å². The fraction of sp³-hybridized carbons (Fsp3) is 0.667. The van der Waals surface area contributed by atoms with Crippen LogP contribution < -0.4 is 5.32 Å². The number of benzene rings is 1. The minimum Gasteiger partial charge on any atom is -0.384 e. The zero-order valence-electron chi connectivity index (χ0n) is 16.5. The number of methoxy groups -OCH3 is 1. The minimum atomic E-state index is -0.481. The van der Waals surface area contributed by atoms with E-state index < -0.39 is 5.54 Å². The van der Waals surface area contributed by atoms with Crippen LogP contribution in [-0.4, -0.2) is 49.7 Å². The predicted molar refractivity (Wildman–Crippen MR) is 103 cm³/mol. The second kappa shape index (κ2) is 8.33. The van der Waals surface area contributed by atoms with Crippen molar-refractivity contribution in [3.05, 3.63) is 35.9 Å². The van der Waals surface area contributed by atoms with Crippen molar-refractivity contribution in [1.82, 2.24) is 10.2 Å². The Hall–Kier alpha value is -1.39. The third-order valence-electron chi connectivity index (χ3n) is 5.54. The first-order valence-electron chi connectivity index (χ1n) is 9.39. The number of carbonyl (C=O) groups excluding carboxylic acids is 1. The fourth-order valence-corrected chi connectivity index (χ4v) is 3.73. The average Bonchev–Trinajstić information content (AvgIpc) is 2.61. The first-order chi connectivity index (χ1) is 11.8. The van der Waals surface area contributed by atoms with Crippen LogP contribution >= 0.6 is 0 Å². The summed E-state index contributed by atoms with van der Waals surface area (Å²) in [6.45, 7) is 11.6. The molecule has 1 fully saturated rings. The molecule has 0 aliphatic carbocycles. The van der Waals surface area contributed by atoms with Gasteiger partial charge in [0.1, 0.15) is 0 Å². The van der Waals surface area contributed by atoms with Crippen molar-refractivity contribution in [3.8, 4) is 0 Å².